The van der Waals surface area contributed by atoms with Gasteiger partial charge in [-0.3, -0.25) is 9.59 Å². The molecule has 0 saturated carbocycles. The van der Waals surface area contributed by atoms with Crippen molar-refractivity contribution in [3.8, 4) is 0 Å². The lowest BCUT2D eigenvalue weighted by Crippen LogP contribution is -2.38. The number of rotatable bonds is 30. The van der Waals surface area contributed by atoms with Gasteiger partial charge in [0.15, 0.2) is 0 Å². The third kappa shape index (κ3) is 22.8. The van der Waals surface area contributed by atoms with E-state index in [1.54, 1.807) is 0 Å². The lowest BCUT2D eigenvalue weighted by molar-refractivity contribution is -0.125. The molecule has 38 heavy (non-hydrogen) atoms. The molecular weight excluding hydrogens is 478 g/mol. The van der Waals surface area contributed by atoms with Gasteiger partial charge in [-0.2, -0.15) is 0 Å². The molecule has 1 amide bonds. The maximum Gasteiger partial charge on any atom is 0.223 e. The monoisotopic (exact) mass is 542 g/mol. The Kier molecular flexibility index (Phi) is 28.1. The molecule has 0 saturated heterocycles. The van der Waals surface area contributed by atoms with Crippen molar-refractivity contribution in [3.05, 3.63) is 0 Å². The number of nitrogens with one attached hydrogen (secondary N) is 3. The van der Waals surface area contributed by atoms with Crippen LogP contribution in [0, 0.1) is 5.92 Å². The van der Waals surface area contributed by atoms with Crippen LogP contribution in [0.25, 0.3) is 0 Å². The minimum absolute atomic E-state index is 0.0510. The molecule has 0 aromatic carbocycles. The van der Waals surface area contributed by atoms with E-state index in [9.17, 15) is 9.59 Å². The molecule has 0 aliphatic carbocycles. The van der Waals surface area contributed by atoms with Crippen molar-refractivity contribution in [2.75, 3.05) is 52.4 Å². The summed E-state index contributed by atoms with van der Waals surface area (Å²) in [5, 5.41) is 9.96. The summed E-state index contributed by atoms with van der Waals surface area (Å²) in [6.07, 6.45) is 16.5. The van der Waals surface area contributed by atoms with Crippen LogP contribution in [0.4, 0.5) is 0 Å². The molecule has 9 heteroatoms. The van der Waals surface area contributed by atoms with E-state index < -0.39 is 0 Å². The van der Waals surface area contributed by atoms with Crippen molar-refractivity contribution >= 4 is 11.7 Å². The van der Waals surface area contributed by atoms with Gasteiger partial charge in [0.1, 0.15) is 5.78 Å². The molecule has 0 bridgehead atoms. The van der Waals surface area contributed by atoms with Gasteiger partial charge in [-0.25, -0.2) is 0 Å². The second-order valence-electron chi connectivity index (χ2n) is 10.6. The highest BCUT2D eigenvalue weighted by molar-refractivity contribution is 5.83. The average molecular weight is 542 g/mol. The zero-order valence-electron chi connectivity index (χ0n) is 24.5. The quantitative estimate of drug-likeness (QED) is 0.0678. The predicted octanol–water partition coefficient (Wildman–Crippen LogP) is 2.30. The molecule has 0 radical (unpaired) electrons. The SMILES string of the molecule is NCCCCCCCC(NCCCN)C(=O)CCCCCNC(=O)C(CCCCN)CCCNCCCN. The molecule has 0 aliphatic rings. The van der Waals surface area contributed by atoms with Crippen LogP contribution in [-0.2, 0) is 9.59 Å². The largest absolute Gasteiger partial charge is 0.356 e. The van der Waals surface area contributed by atoms with Crippen LogP contribution in [0.5, 0.6) is 0 Å². The van der Waals surface area contributed by atoms with E-state index in [1.807, 2.05) is 0 Å². The summed E-state index contributed by atoms with van der Waals surface area (Å²) in [6.45, 7) is 6.10. The number of carbonyl (C=O) groups excluding carboxylic acids is 2. The smallest absolute Gasteiger partial charge is 0.223 e. The number of unbranched alkanes of at least 4 members (excludes halogenated alkanes) is 7. The highest BCUT2D eigenvalue weighted by atomic mass is 16.2. The van der Waals surface area contributed by atoms with Crippen molar-refractivity contribution in [2.45, 2.75) is 115 Å². The zero-order valence-corrected chi connectivity index (χ0v) is 24.5. The summed E-state index contributed by atoms with van der Waals surface area (Å²) < 4.78 is 0. The van der Waals surface area contributed by atoms with Gasteiger partial charge in [-0.1, -0.05) is 38.5 Å². The first-order chi connectivity index (χ1) is 18.6. The second kappa shape index (κ2) is 28.9. The van der Waals surface area contributed by atoms with Gasteiger partial charge in [0.05, 0.1) is 6.04 Å². The Bertz CT molecular complexity index is 491. The van der Waals surface area contributed by atoms with Gasteiger partial charge in [-0.15, -0.1) is 0 Å². The minimum atomic E-state index is -0.0603. The van der Waals surface area contributed by atoms with E-state index in [0.717, 1.165) is 116 Å². The number of ketones is 1. The Morgan fingerprint density at radius 1 is 0.526 bits per heavy atom. The number of nitrogens with two attached hydrogens (primary N) is 4. The third-order valence-corrected chi connectivity index (χ3v) is 7.10. The third-order valence-electron chi connectivity index (χ3n) is 7.10. The highest BCUT2D eigenvalue weighted by Gasteiger charge is 2.18. The molecule has 0 heterocycles. The Morgan fingerprint density at radius 3 is 1.82 bits per heavy atom. The van der Waals surface area contributed by atoms with Crippen LogP contribution < -0.4 is 38.9 Å². The molecular formula is C29H63N7O2. The Hall–Kier alpha value is -1.10. The predicted molar refractivity (Wildman–Crippen MR) is 161 cm³/mol. The van der Waals surface area contributed by atoms with Gasteiger partial charge in [0.25, 0.3) is 0 Å². The van der Waals surface area contributed by atoms with Gasteiger partial charge >= 0.3 is 0 Å². The van der Waals surface area contributed by atoms with Crippen molar-refractivity contribution in [2.24, 2.45) is 28.9 Å². The number of hydrogen-bond donors (Lipinski definition) is 7. The van der Waals surface area contributed by atoms with Gasteiger partial charge in [0.2, 0.25) is 5.91 Å². The average Bonchev–Trinajstić information content (AvgIpc) is 2.92. The first-order valence-corrected chi connectivity index (χ1v) is 15.6. The molecule has 2 unspecified atom stereocenters. The molecule has 11 N–H and O–H groups in total. The molecule has 9 nitrogen and oxygen atoms in total. The number of hydrogen-bond acceptors (Lipinski definition) is 8. The topological polar surface area (TPSA) is 174 Å². The summed E-state index contributed by atoms with van der Waals surface area (Å²) in [6, 6.07) is -0.0603. The van der Waals surface area contributed by atoms with E-state index in [-0.39, 0.29) is 17.9 Å². The summed E-state index contributed by atoms with van der Waals surface area (Å²) >= 11 is 0. The summed E-state index contributed by atoms with van der Waals surface area (Å²) in [4.78, 5) is 25.6. The molecule has 0 aliphatic heterocycles. The number of amides is 1. The van der Waals surface area contributed by atoms with E-state index in [4.69, 9.17) is 22.9 Å². The molecule has 0 spiro atoms. The van der Waals surface area contributed by atoms with Crippen LogP contribution in [0.3, 0.4) is 0 Å². The highest BCUT2D eigenvalue weighted by Crippen LogP contribution is 2.15. The van der Waals surface area contributed by atoms with E-state index in [1.165, 1.54) is 12.8 Å². The summed E-state index contributed by atoms with van der Waals surface area (Å²) in [5.74, 6) is 0.527. The molecule has 0 fully saturated rings. The minimum Gasteiger partial charge on any atom is -0.356 e. The first-order valence-electron chi connectivity index (χ1n) is 15.6. The number of Topliss-reactive ketones (excluding diaryl/α,β-unsaturated/α-hetero) is 1. The van der Waals surface area contributed by atoms with E-state index in [0.29, 0.717) is 38.4 Å². The molecule has 2 atom stereocenters. The summed E-state index contributed by atoms with van der Waals surface area (Å²) in [7, 11) is 0. The van der Waals surface area contributed by atoms with Gasteiger partial charge < -0.3 is 38.9 Å². The number of carbonyl (C=O) groups is 2. The lowest BCUT2D eigenvalue weighted by Gasteiger charge is -2.18. The first kappa shape index (κ1) is 36.9. The van der Waals surface area contributed by atoms with Gasteiger partial charge in [-0.05, 0) is 110 Å². The van der Waals surface area contributed by atoms with Crippen LogP contribution in [0.1, 0.15) is 109 Å². The maximum absolute atomic E-state index is 12.8. The Morgan fingerprint density at radius 2 is 1.08 bits per heavy atom. The second-order valence-corrected chi connectivity index (χ2v) is 10.6. The fourth-order valence-electron chi connectivity index (χ4n) is 4.68. The van der Waals surface area contributed by atoms with Crippen molar-refractivity contribution in [1.82, 2.24) is 16.0 Å². The molecule has 0 aromatic heterocycles. The van der Waals surface area contributed by atoms with Crippen LogP contribution in [0.15, 0.2) is 0 Å². The van der Waals surface area contributed by atoms with E-state index >= 15 is 0 Å². The van der Waals surface area contributed by atoms with Gasteiger partial charge in [0, 0.05) is 18.9 Å². The van der Waals surface area contributed by atoms with Crippen LogP contribution in [-0.4, -0.2) is 70.1 Å². The Balaban J connectivity index is 4.24. The van der Waals surface area contributed by atoms with Crippen molar-refractivity contribution in [3.63, 3.8) is 0 Å². The standard InChI is InChI=1S/C29H63N7O2/c30-18-8-3-1-2-5-16-27(35-25-13-21-33)28(37)17-6-4-10-24-36-29(38)26(14-7-9-19-31)15-11-22-34-23-12-20-32/h26-27,34-35H,1-25,30-33H2,(H,36,38). The Labute approximate surface area is 233 Å². The van der Waals surface area contributed by atoms with Crippen molar-refractivity contribution < 1.29 is 9.59 Å². The lowest BCUT2D eigenvalue weighted by atomic mass is 9.95. The summed E-state index contributed by atoms with van der Waals surface area (Å²) in [5.41, 5.74) is 22.4. The molecule has 0 aromatic rings. The van der Waals surface area contributed by atoms with Crippen molar-refractivity contribution in [1.29, 1.82) is 0 Å². The maximum atomic E-state index is 12.8. The normalized spacial score (nSPS) is 12.9. The van der Waals surface area contributed by atoms with Crippen LogP contribution >= 0.6 is 0 Å². The fourth-order valence-corrected chi connectivity index (χ4v) is 4.68. The molecule has 226 valence electrons. The van der Waals surface area contributed by atoms with E-state index in [2.05, 4.69) is 16.0 Å². The van der Waals surface area contributed by atoms with Crippen LogP contribution in [0.2, 0.25) is 0 Å². The fraction of sp³-hybridized carbons (Fsp3) is 0.931. The molecule has 0 rings (SSSR count). The zero-order chi connectivity index (χ0) is 28.1.